The molecule has 198 valence electrons. The van der Waals surface area contributed by atoms with E-state index in [1.807, 2.05) is 25.1 Å². The van der Waals surface area contributed by atoms with Crippen molar-refractivity contribution in [1.82, 2.24) is 4.90 Å². The highest BCUT2D eigenvalue weighted by atomic mass is 35.5. The summed E-state index contributed by atoms with van der Waals surface area (Å²) in [6.07, 6.45) is 2.41. The third-order valence-corrected chi connectivity index (χ3v) is 7.27. The first-order valence-electron chi connectivity index (χ1n) is 12.0. The molecule has 5 rings (SSSR count). The van der Waals surface area contributed by atoms with Crippen molar-refractivity contribution in [3.8, 4) is 28.7 Å². The molecule has 0 atom stereocenters. The molecule has 0 N–H and O–H groups in total. The largest absolute Gasteiger partial charge is 0.493 e. The second-order valence-electron chi connectivity index (χ2n) is 9.08. The Morgan fingerprint density at radius 3 is 2.42 bits per heavy atom. The number of benzene rings is 3. The lowest BCUT2D eigenvalue weighted by atomic mass is 9.98. The Kier molecular flexibility index (Phi) is 7.43. The molecule has 0 saturated carbocycles. The maximum absolute atomic E-state index is 13.4. The van der Waals surface area contributed by atoms with E-state index in [1.54, 1.807) is 45.6 Å². The normalized spacial score (nSPS) is 15.5. The number of allylic oxidation sites excluding steroid dienone is 1. The van der Waals surface area contributed by atoms with Crippen molar-refractivity contribution >= 4 is 35.1 Å². The summed E-state index contributed by atoms with van der Waals surface area (Å²) in [5.74, 6) is 2.75. The molecule has 0 unspecified atom stereocenters. The van der Waals surface area contributed by atoms with Gasteiger partial charge in [0.2, 0.25) is 11.5 Å². The lowest BCUT2D eigenvalue weighted by Gasteiger charge is -2.30. The molecule has 3 aromatic rings. The highest BCUT2D eigenvalue weighted by Crippen LogP contribution is 2.45. The first-order valence-corrected chi connectivity index (χ1v) is 12.8. The Morgan fingerprint density at radius 1 is 1.03 bits per heavy atom. The number of ketones is 1. The van der Waals surface area contributed by atoms with Crippen LogP contribution in [0.4, 0.5) is 0 Å². The summed E-state index contributed by atoms with van der Waals surface area (Å²) in [4.78, 5) is 15.6. The number of ether oxygens (including phenoxy) is 5. The smallest absolute Gasteiger partial charge is 0.232 e. The van der Waals surface area contributed by atoms with Crippen molar-refractivity contribution < 1.29 is 28.5 Å². The SMILES string of the molecule is COc1cc(/C=C2/Oc3c4c(cc(C)c3C2=O)OCN(CCc2ccc(Cl)cc2Cl)C4)cc(OC)c1OC. The predicted molar refractivity (Wildman–Crippen MR) is 146 cm³/mol. The fraction of sp³-hybridized carbons (Fsp3) is 0.276. The molecular formula is C29H27Cl2NO6. The van der Waals surface area contributed by atoms with Crippen molar-refractivity contribution in [2.24, 2.45) is 0 Å². The highest BCUT2D eigenvalue weighted by molar-refractivity contribution is 6.35. The number of carbonyl (C=O) groups is 1. The average Bonchev–Trinajstić information content (AvgIpc) is 3.24. The molecule has 38 heavy (non-hydrogen) atoms. The summed E-state index contributed by atoms with van der Waals surface area (Å²) in [6.45, 7) is 3.61. The quantitative estimate of drug-likeness (QED) is 0.315. The number of aryl methyl sites for hydroxylation is 1. The molecule has 0 bridgehead atoms. The van der Waals surface area contributed by atoms with E-state index in [1.165, 1.54) is 0 Å². The molecule has 2 aliphatic rings. The van der Waals surface area contributed by atoms with Crippen LogP contribution in [-0.4, -0.2) is 45.3 Å². The molecule has 0 saturated heterocycles. The van der Waals surface area contributed by atoms with Gasteiger partial charge in [-0.15, -0.1) is 0 Å². The number of fused-ring (bicyclic) bond motifs is 3. The van der Waals surface area contributed by atoms with Gasteiger partial charge in [0, 0.05) is 23.1 Å². The zero-order chi connectivity index (χ0) is 27.0. The number of nitrogens with zero attached hydrogens (tertiary/aromatic N) is 1. The first-order chi connectivity index (χ1) is 18.3. The predicted octanol–water partition coefficient (Wildman–Crippen LogP) is 6.34. The number of halogens is 2. The van der Waals surface area contributed by atoms with Gasteiger partial charge in [0.1, 0.15) is 18.2 Å². The third kappa shape index (κ3) is 4.89. The molecule has 3 aromatic carbocycles. The van der Waals surface area contributed by atoms with Crippen LogP contribution in [-0.2, 0) is 13.0 Å². The zero-order valence-corrected chi connectivity index (χ0v) is 23.0. The minimum atomic E-state index is -0.181. The second-order valence-corrected chi connectivity index (χ2v) is 9.93. The van der Waals surface area contributed by atoms with Gasteiger partial charge in [-0.05, 0) is 66.4 Å². The minimum absolute atomic E-state index is 0.181. The zero-order valence-electron chi connectivity index (χ0n) is 21.5. The third-order valence-electron chi connectivity index (χ3n) is 6.69. The summed E-state index contributed by atoms with van der Waals surface area (Å²) in [5, 5.41) is 1.25. The number of hydrogen-bond donors (Lipinski definition) is 0. The highest BCUT2D eigenvalue weighted by Gasteiger charge is 2.35. The Labute approximate surface area is 231 Å². The van der Waals surface area contributed by atoms with Crippen molar-refractivity contribution in [3.05, 3.63) is 80.0 Å². The van der Waals surface area contributed by atoms with Crippen LogP contribution >= 0.6 is 23.2 Å². The summed E-state index contributed by atoms with van der Waals surface area (Å²) in [6, 6.07) is 11.0. The van der Waals surface area contributed by atoms with Crippen LogP contribution < -0.4 is 23.7 Å². The van der Waals surface area contributed by atoms with Crippen LogP contribution in [0.5, 0.6) is 28.7 Å². The average molecular weight is 556 g/mol. The fourth-order valence-electron chi connectivity index (χ4n) is 4.76. The van der Waals surface area contributed by atoms with Crippen LogP contribution in [0.25, 0.3) is 6.08 Å². The Bertz CT molecular complexity index is 1430. The Balaban J connectivity index is 1.42. The lowest BCUT2D eigenvalue weighted by molar-refractivity contribution is 0.0949. The van der Waals surface area contributed by atoms with E-state index in [2.05, 4.69) is 4.90 Å². The minimum Gasteiger partial charge on any atom is -0.493 e. The van der Waals surface area contributed by atoms with Gasteiger partial charge in [0.15, 0.2) is 17.3 Å². The van der Waals surface area contributed by atoms with E-state index in [0.717, 1.165) is 28.9 Å². The van der Waals surface area contributed by atoms with E-state index in [0.29, 0.717) is 64.0 Å². The summed E-state index contributed by atoms with van der Waals surface area (Å²) >= 11 is 12.4. The van der Waals surface area contributed by atoms with Gasteiger partial charge in [-0.3, -0.25) is 9.69 Å². The van der Waals surface area contributed by atoms with Crippen LogP contribution in [0.15, 0.2) is 42.2 Å². The number of hydrogen-bond acceptors (Lipinski definition) is 7. The van der Waals surface area contributed by atoms with Gasteiger partial charge in [-0.2, -0.15) is 0 Å². The molecule has 0 fully saturated rings. The van der Waals surface area contributed by atoms with Crippen molar-refractivity contribution in [1.29, 1.82) is 0 Å². The fourth-order valence-corrected chi connectivity index (χ4v) is 5.26. The molecule has 2 aliphatic heterocycles. The van der Waals surface area contributed by atoms with Gasteiger partial charge < -0.3 is 23.7 Å². The molecule has 0 spiro atoms. The second kappa shape index (κ2) is 10.8. The topological polar surface area (TPSA) is 66.5 Å². The maximum Gasteiger partial charge on any atom is 0.232 e. The van der Waals surface area contributed by atoms with E-state index in [9.17, 15) is 4.79 Å². The number of methoxy groups -OCH3 is 3. The molecule has 0 amide bonds. The molecule has 0 aliphatic carbocycles. The van der Waals surface area contributed by atoms with Crippen molar-refractivity contribution in [3.63, 3.8) is 0 Å². The standard InChI is InChI=1S/C29H27Cl2NO6/c1-16-9-22-20(14-32(15-37-22)8-7-18-5-6-19(30)13-21(18)31)28-26(16)27(33)23(38-28)10-17-11-24(34-2)29(36-4)25(12-17)35-3/h5-6,9-13H,7-8,14-15H2,1-4H3/b23-10+. The van der Waals surface area contributed by atoms with E-state index in [-0.39, 0.29) is 11.5 Å². The summed E-state index contributed by atoms with van der Waals surface area (Å²) in [5.41, 5.74) is 3.89. The van der Waals surface area contributed by atoms with Crippen LogP contribution in [0.3, 0.4) is 0 Å². The van der Waals surface area contributed by atoms with E-state index in [4.69, 9.17) is 46.9 Å². The molecule has 0 radical (unpaired) electrons. The van der Waals surface area contributed by atoms with Gasteiger partial charge in [-0.25, -0.2) is 0 Å². The van der Waals surface area contributed by atoms with Gasteiger partial charge in [-0.1, -0.05) is 29.3 Å². The van der Waals surface area contributed by atoms with Gasteiger partial charge in [0.25, 0.3) is 0 Å². The van der Waals surface area contributed by atoms with E-state index < -0.39 is 0 Å². The molecule has 7 nitrogen and oxygen atoms in total. The van der Waals surface area contributed by atoms with Crippen molar-refractivity contribution in [2.45, 2.75) is 19.9 Å². The monoisotopic (exact) mass is 555 g/mol. The summed E-state index contributed by atoms with van der Waals surface area (Å²) in [7, 11) is 4.63. The van der Waals surface area contributed by atoms with Gasteiger partial charge >= 0.3 is 0 Å². The Morgan fingerprint density at radius 2 is 1.76 bits per heavy atom. The van der Waals surface area contributed by atoms with E-state index >= 15 is 0 Å². The summed E-state index contributed by atoms with van der Waals surface area (Å²) < 4.78 is 28.6. The first kappa shape index (κ1) is 26.2. The molecule has 9 heteroatoms. The molecular weight excluding hydrogens is 529 g/mol. The van der Waals surface area contributed by atoms with Crippen LogP contribution in [0, 0.1) is 6.92 Å². The van der Waals surface area contributed by atoms with Crippen LogP contribution in [0.1, 0.15) is 32.6 Å². The Hall–Kier alpha value is -3.39. The number of carbonyl (C=O) groups excluding carboxylic acids is 1. The number of rotatable bonds is 7. The lowest BCUT2D eigenvalue weighted by Crippen LogP contribution is -2.34. The van der Waals surface area contributed by atoms with Crippen LogP contribution in [0.2, 0.25) is 10.0 Å². The van der Waals surface area contributed by atoms with Crippen molar-refractivity contribution in [2.75, 3.05) is 34.6 Å². The van der Waals surface area contributed by atoms with Gasteiger partial charge in [0.05, 0.1) is 32.5 Å². The molecule has 2 heterocycles. The molecule has 0 aromatic heterocycles. The maximum atomic E-state index is 13.4. The number of Topliss-reactive ketones (excluding diaryl/α,β-unsaturated/α-hetero) is 1.